The monoisotopic (exact) mass is 398 g/mol. The van der Waals surface area contributed by atoms with E-state index in [9.17, 15) is 29.4 Å². The number of rotatable bonds is 4. The molecule has 2 aromatic rings. The summed E-state index contributed by atoms with van der Waals surface area (Å²) >= 11 is 0. The molecule has 0 saturated carbocycles. The van der Waals surface area contributed by atoms with Crippen molar-refractivity contribution in [3.05, 3.63) is 70.8 Å². The molecule has 27 heavy (non-hydrogen) atoms. The van der Waals surface area contributed by atoms with E-state index in [0.717, 1.165) is 0 Å². The molecule has 0 saturated heterocycles. The first-order valence-electron chi connectivity index (χ1n) is 7.09. The topological polar surface area (TPSA) is 133 Å². The molecule has 0 aliphatic carbocycles. The fourth-order valence-corrected chi connectivity index (χ4v) is 1.72. The molecule has 0 bridgehead atoms. The van der Waals surface area contributed by atoms with E-state index >= 15 is 0 Å². The van der Waals surface area contributed by atoms with Crippen molar-refractivity contribution in [3.8, 4) is 0 Å². The number of ether oxygens (including phenoxy) is 2. The zero-order chi connectivity index (χ0) is 19.7. The first-order valence-corrected chi connectivity index (χ1v) is 7.09. The molecule has 0 aliphatic heterocycles. The molecule has 0 radical (unpaired) electrons. The van der Waals surface area contributed by atoms with Crippen LogP contribution in [0.25, 0.3) is 0 Å². The van der Waals surface area contributed by atoms with Gasteiger partial charge in [0.05, 0.1) is 37.3 Å². The molecule has 0 fully saturated rings. The second-order valence-electron chi connectivity index (χ2n) is 4.71. The number of carbonyl (C=O) groups excluding carboxylic acids is 4. The Bertz CT molecular complexity index is 728. The van der Waals surface area contributed by atoms with Crippen LogP contribution < -0.4 is 10.2 Å². The van der Waals surface area contributed by atoms with Crippen molar-refractivity contribution in [2.75, 3.05) is 14.2 Å². The number of esters is 2. The fourth-order valence-electron chi connectivity index (χ4n) is 1.72. The summed E-state index contributed by atoms with van der Waals surface area (Å²) < 4.78 is 8.87. The second kappa shape index (κ2) is 12.1. The van der Waals surface area contributed by atoms with Gasteiger partial charge >= 0.3 is 49.7 Å². The van der Waals surface area contributed by atoms with Crippen molar-refractivity contribution in [2.45, 2.75) is 0 Å². The summed E-state index contributed by atoms with van der Waals surface area (Å²) in [4.78, 5) is 42.5. The minimum atomic E-state index is -1.27. The van der Waals surface area contributed by atoms with E-state index in [2.05, 4.69) is 9.47 Å². The molecule has 2 aromatic carbocycles. The Kier molecular flexibility index (Phi) is 11.0. The van der Waals surface area contributed by atoms with E-state index in [1.54, 1.807) is 0 Å². The zero-order valence-electron chi connectivity index (χ0n) is 14.6. The quantitative estimate of drug-likeness (QED) is 0.487. The van der Waals surface area contributed by atoms with Crippen molar-refractivity contribution in [1.29, 1.82) is 0 Å². The number of carbonyl (C=O) groups is 4. The number of carboxylic acid groups (broad SMARTS) is 2. The van der Waals surface area contributed by atoms with E-state index in [1.165, 1.54) is 62.8 Å². The van der Waals surface area contributed by atoms with E-state index in [0.29, 0.717) is 11.1 Å². The van der Waals surface area contributed by atoms with E-state index in [-0.39, 0.29) is 48.9 Å². The Hall–Kier alpha value is -2.42. The molecule has 0 unspecified atom stereocenters. The number of carboxylic acids is 2. The Morgan fingerprint density at radius 2 is 0.815 bits per heavy atom. The van der Waals surface area contributed by atoms with Gasteiger partial charge in [0.2, 0.25) is 0 Å². The van der Waals surface area contributed by atoms with Gasteiger partial charge in [0.25, 0.3) is 0 Å². The minimum absolute atomic E-state index is 0. The molecule has 0 aromatic heterocycles. The van der Waals surface area contributed by atoms with Gasteiger partial charge in [0, 0.05) is 0 Å². The van der Waals surface area contributed by atoms with Gasteiger partial charge in [-0.15, -0.1) is 0 Å². The van der Waals surface area contributed by atoms with Crippen molar-refractivity contribution in [1.82, 2.24) is 0 Å². The first kappa shape index (κ1) is 24.6. The van der Waals surface area contributed by atoms with E-state index in [4.69, 9.17) is 0 Å². The van der Waals surface area contributed by atoms with E-state index < -0.39 is 23.9 Å². The number of benzene rings is 2. The molecule has 0 heterocycles. The fraction of sp³-hybridized carbons (Fsp3) is 0.111. The van der Waals surface area contributed by atoms with Crippen LogP contribution in [0.4, 0.5) is 0 Å². The van der Waals surface area contributed by atoms with Gasteiger partial charge < -0.3 is 29.3 Å². The number of methoxy groups -OCH3 is 2. The van der Waals surface area contributed by atoms with Gasteiger partial charge in [0.1, 0.15) is 0 Å². The second-order valence-corrected chi connectivity index (χ2v) is 4.71. The maximum absolute atomic E-state index is 10.9. The van der Waals surface area contributed by atoms with Crippen LogP contribution in [0.1, 0.15) is 41.4 Å². The largest absolute Gasteiger partial charge is 2.00 e. The summed E-state index contributed by atoms with van der Waals surface area (Å²) in [5, 5.41) is 20.6. The third-order valence-electron chi connectivity index (χ3n) is 3.08. The van der Waals surface area contributed by atoms with Crippen LogP contribution in [-0.2, 0) is 9.47 Å². The molecule has 0 amide bonds. The van der Waals surface area contributed by atoms with Gasteiger partial charge in [-0.05, 0) is 35.4 Å². The Labute approximate surface area is 184 Å². The maximum atomic E-state index is 10.9. The maximum Gasteiger partial charge on any atom is 2.00 e. The SMILES string of the molecule is COC(=O)c1ccc(C(=O)[O-])cc1.COC(=O)c1ccc(C(=O)[O-])cc1.[Ca+2]. The van der Waals surface area contributed by atoms with Crippen molar-refractivity contribution >= 4 is 61.6 Å². The van der Waals surface area contributed by atoms with Crippen LogP contribution >= 0.6 is 0 Å². The minimum Gasteiger partial charge on any atom is -0.545 e. The average molecular weight is 398 g/mol. The van der Waals surface area contributed by atoms with Crippen molar-refractivity contribution in [2.24, 2.45) is 0 Å². The summed E-state index contributed by atoms with van der Waals surface area (Å²) in [6.45, 7) is 0. The van der Waals surface area contributed by atoms with Crippen molar-refractivity contribution in [3.63, 3.8) is 0 Å². The molecule has 136 valence electrons. The molecule has 9 heteroatoms. The normalized spacial score (nSPS) is 8.96. The Balaban J connectivity index is 0.000000483. The van der Waals surface area contributed by atoms with Crippen LogP contribution in [0.3, 0.4) is 0 Å². The summed E-state index contributed by atoms with van der Waals surface area (Å²) in [6.07, 6.45) is 0. The van der Waals surface area contributed by atoms with E-state index in [1.807, 2.05) is 0 Å². The first-order chi connectivity index (χ1) is 12.3. The predicted octanol–water partition coefficient (Wildman–Crippen LogP) is -0.707. The molecule has 0 aliphatic rings. The van der Waals surface area contributed by atoms with Crippen LogP contribution in [0, 0.1) is 0 Å². The zero-order valence-corrected chi connectivity index (χ0v) is 16.8. The summed E-state index contributed by atoms with van der Waals surface area (Å²) in [5.74, 6) is -3.53. The van der Waals surface area contributed by atoms with Crippen LogP contribution in [0.15, 0.2) is 48.5 Å². The Morgan fingerprint density at radius 3 is 1.00 bits per heavy atom. The van der Waals surface area contributed by atoms with Crippen LogP contribution in [0.5, 0.6) is 0 Å². The molecule has 0 N–H and O–H groups in total. The standard InChI is InChI=1S/2C9H8O4.Ca/c2*1-13-9(12)7-4-2-6(3-5-7)8(10)11;/h2*2-5H,1H3,(H,10,11);/q;;+2/p-2. The number of aromatic carboxylic acids is 2. The average Bonchev–Trinajstić information content (AvgIpc) is 2.67. The van der Waals surface area contributed by atoms with Gasteiger partial charge in [-0.2, -0.15) is 0 Å². The van der Waals surface area contributed by atoms with Crippen molar-refractivity contribution < 1.29 is 38.9 Å². The summed E-state index contributed by atoms with van der Waals surface area (Å²) in [6, 6.07) is 10.7. The summed E-state index contributed by atoms with van der Waals surface area (Å²) in [7, 11) is 2.52. The third-order valence-corrected chi connectivity index (χ3v) is 3.08. The van der Waals surface area contributed by atoms with Gasteiger partial charge in [-0.25, -0.2) is 9.59 Å². The molecule has 8 nitrogen and oxygen atoms in total. The third kappa shape index (κ3) is 7.78. The summed E-state index contributed by atoms with van der Waals surface area (Å²) in [5.41, 5.74) is 0.695. The number of hydrogen-bond donors (Lipinski definition) is 0. The smallest absolute Gasteiger partial charge is 0.545 e. The number of hydrogen-bond acceptors (Lipinski definition) is 8. The molecule has 0 atom stereocenters. The van der Waals surface area contributed by atoms with Gasteiger partial charge in [-0.1, -0.05) is 24.3 Å². The van der Waals surface area contributed by atoms with Crippen LogP contribution in [-0.4, -0.2) is 75.8 Å². The molecular formula is C18H14CaO8. The van der Waals surface area contributed by atoms with Gasteiger partial charge in [-0.3, -0.25) is 0 Å². The van der Waals surface area contributed by atoms with Crippen LogP contribution in [0.2, 0.25) is 0 Å². The van der Waals surface area contributed by atoms with Gasteiger partial charge in [0.15, 0.2) is 0 Å². The molecule has 0 spiro atoms. The molecular weight excluding hydrogens is 384 g/mol. The molecule has 2 rings (SSSR count). The predicted molar refractivity (Wildman–Crippen MR) is 90.0 cm³/mol. The Morgan fingerprint density at radius 1 is 0.593 bits per heavy atom.